The van der Waals surface area contributed by atoms with Crippen molar-refractivity contribution in [1.29, 1.82) is 0 Å². The summed E-state index contributed by atoms with van der Waals surface area (Å²) in [5.41, 5.74) is 1.51. The molecular formula is C33H58I-. The summed E-state index contributed by atoms with van der Waals surface area (Å²) >= 11 is 0.391. The molecule has 5 unspecified atom stereocenters. The minimum atomic E-state index is 0.391. The molecule has 0 aromatic rings. The molecule has 0 nitrogen and oxygen atoms in total. The Morgan fingerprint density at radius 1 is 0.618 bits per heavy atom. The summed E-state index contributed by atoms with van der Waals surface area (Å²) in [4.78, 5) is 0. The van der Waals surface area contributed by atoms with Crippen LogP contribution in [0.3, 0.4) is 0 Å². The van der Waals surface area contributed by atoms with Gasteiger partial charge in [0.25, 0.3) is 0 Å². The van der Waals surface area contributed by atoms with Crippen molar-refractivity contribution in [2.45, 2.75) is 136 Å². The van der Waals surface area contributed by atoms with Gasteiger partial charge in [-0.15, -0.1) is 0 Å². The molecule has 1 heteroatoms. The van der Waals surface area contributed by atoms with Crippen molar-refractivity contribution < 1.29 is 21.2 Å². The van der Waals surface area contributed by atoms with E-state index in [4.69, 9.17) is 0 Å². The van der Waals surface area contributed by atoms with Gasteiger partial charge in [0, 0.05) is 0 Å². The molecule has 3 aliphatic carbocycles. The van der Waals surface area contributed by atoms with Gasteiger partial charge in [-0.3, -0.25) is 0 Å². The van der Waals surface area contributed by atoms with Gasteiger partial charge in [0.2, 0.25) is 0 Å². The van der Waals surface area contributed by atoms with E-state index in [1.165, 1.54) is 77.0 Å². The van der Waals surface area contributed by atoms with Crippen molar-refractivity contribution in [2.75, 3.05) is 4.43 Å². The van der Waals surface area contributed by atoms with Crippen LogP contribution in [-0.2, 0) is 0 Å². The van der Waals surface area contributed by atoms with Crippen LogP contribution in [0.5, 0.6) is 0 Å². The fraction of sp³-hybridized carbons (Fsp3) is 0.939. The van der Waals surface area contributed by atoms with E-state index in [2.05, 4.69) is 60.6 Å². The van der Waals surface area contributed by atoms with Gasteiger partial charge in [0.1, 0.15) is 0 Å². The Bertz CT molecular complexity index is 673. The number of rotatable bonds is 6. The molecule has 4 rings (SSSR count). The second kappa shape index (κ2) is 11.1. The molecule has 6 atom stereocenters. The van der Waals surface area contributed by atoms with Crippen LogP contribution in [-0.4, -0.2) is 8.35 Å². The molecule has 0 aromatic carbocycles. The summed E-state index contributed by atoms with van der Waals surface area (Å²) in [6.07, 6.45) is 24.1. The van der Waals surface area contributed by atoms with Crippen molar-refractivity contribution in [1.82, 2.24) is 0 Å². The zero-order valence-electron chi connectivity index (χ0n) is 24.0. The molecule has 0 radical (unpaired) electrons. The van der Waals surface area contributed by atoms with E-state index < -0.39 is 0 Å². The van der Waals surface area contributed by atoms with E-state index >= 15 is 0 Å². The molecule has 2 saturated carbocycles. The Balaban J connectivity index is 1.65. The summed E-state index contributed by atoms with van der Waals surface area (Å²) in [6, 6.07) is 0. The van der Waals surface area contributed by atoms with Crippen LogP contribution in [0.4, 0.5) is 0 Å². The average Bonchev–Trinajstić information content (AvgIpc) is 2.85. The van der Waals surface area contributed by atoms with E-state index in [0.29, 0.717) is 37.5 Å². The van der Waals surface area contributed by atoms with Crippen molar-refractivity contribution in [3.8, 4) is 0 Å². The predicted molar refractivity (Wildman–Crippen MR) is 146 cm³/mol. The Hall–Kier alpha value is 0.470. The Morgan fingerprint density at radius 3 is 1.85 bits per heavy atom. The third-order valence-electron chi connectivity index (χ3n) is 12.2. The van der Waals surface area contributed by atoms with Gasteiger partial charge < -0.3 is 0 Å². The number of alkyl halides is 2. The summed E-state index contributed by atoms with van der Waals surface area (Å²) in [7, 11) is 0. The first-order valence-corrected chi connectivity index (χ1v) is 18.1. The second-order valence-electron chi connectivity index (χ2n) is 14.8. The first kappa shape index (κ1) is 27.5. The number of allylic oxidation sites excluding steroid dienone is 2. The fourth-order valence-electron chi connectivity index (χ4n) is 9.45. The standard InChI is InChI=1S/C33H58I/c1-24-28(32(4,5)26-18-12-9-13-19-26)22-27(31(2,3)25-16-10-8-11-17-25)23-29(24)33(6,7)30-20-14-15-21-34-30/h9,12,24-30H,8,10-11,13-23H2,1-7H3/q-1/t24?,26?,27-,28?,29?,30?/m1/s1. The van der Waals surface area contributed by atoms with Gasteiger partial charge in [-0.2, -0.15) is 0 Å². The molecule has 1 heterocycles. The third-order valence-corrected chi connectivity index (χ3v) is 16.9. The maximum atomic E-state index is 2.74. The molecule has 0 amide bonds. The van der Waals surface area contributed by atoms with E-state index in [1.807, 2.05) is 0 Å². The molecule has 1 saturated heterocycles. The van der Waals surface area contributed by atoms with Crippen molar-refractivity contribution >= 4 is 0 Å². The maximum absolute atomic E-state index is 2.74. The molecule has 198 valence electrons. The SMILES string of the molecule is CC1C(C(C)(C)C2CC=CCC2)C[C@@H](C(C)(C)C2CCCCC2)CC1C(C)(C)C1CCCC[I-]1. The Labute approximate surface area is 224 Å². The van der Waals surface area contributed by atoms with Gasteiger partial charge in [-0.25, -0.2) is 0 Å². The zero-order valence-corrected chi connectivity index (χ0v) is 26.1. The van der Waals surface area contributed by atoms with Crippen LogP contribution in [0.25, 0.3) is 0 Å². The van der Waals surface area contributed by atoms with Crippen molar-refractivity contribution in [3.05, 3.63) is 12.2 Å². The van der Waals surface area contributed by atoms with Gasteiger partial charge >= 0.3 is 225 Å². The summed E-state index contributed by atoms with van der Waals surface area (Å²) in [5, 5.41) is 0. The van der Waals surface area contributed by atoms with E-state index in [-0.39, 0.29) is 0 Å². The van der Waals surface area contributed by atoms with Crippen LogP contribution in [0.1, 0.15) is 132 Å². The molecule has 0 spiro atoms. The van der Waals surface area contributed by atoms with Crippen LogP contribution in [0.2, 0.25) is 0 Å². The molecule has 3 fully saturated rings. The van der Waals surface area contributed by atoms with Crippen molar-refractivity contribution in [2.24, 2.45) is 51.8 Å². The van der Waals surface area contributed by atoms with Crippen LogP contribution < -0.4 is 21.2 Å². The normalized spacial score (nSPS) is 37.3. The molecule has 0 aromatic heterocycles. The first-order valence-electron chi connectivity index (χ1n) is 15.3. The third kappa shape index (κ3) is 5.50. The second-order valence-corrected chi connectivity index (χ2v) is 18.3. The molecule has 4 aliphatic rings. The van der Waals surface area contributed by atoms with Gasteiger partial charge in [-0.05, 0) is 0 Å². The monoisotopic (exact) mass is 581 g/mol. The van der Waals surface area contributed by atoms with E-state index in [9.17, 15) is 0 Å². The van der Waals surface area contributed by atoms with Crippen LogP contribution >= 0.6 is 0 Å². The Kier molecular flexibility index (Phi) is 8.95. The first-order chi connectivity index (χ1) is 16.1. The molecule has 0 N–H and O–H groups in total. The van der Waals surface area contributed by atoms with Gasteiger partial charge in [0.05, 0.1) is 0 Å². The fourth-order valence-corrected chi connectivity index (χ4v) is 13.7. The average molecular weight is 582 g/mol. The van der Waals surface area contributed by atoms with Gasteiger partial charge in [-0.1, -0.05) is 0 Å². The topological polar surface area (TPSA) is 0 Å². The van der Waals surface area contributed by atoms with E-state index in [1.54, 1.807) is 10.8 Å². The number of halogens is 1. The number of hydrogen-bond donors (Lipinski definition) is 0. The van der Waals surface area contributed by atoms with Crippen LogP contribution in [0.15, 0.2) is 12.2 Å². The minimum absolute atomic E-state index is 0.391. The molecule has 34 heavy (non-hydrogen) atoms. The quantitative estimate of drug-likeness (QED) is 0.182. The van der Waals surface area contributed by atoms with E-state index in [0.717, 1.165) is 39.4 Å². The zero-order chi connectivity index (χ0) is 24.6. The molecular weight excluding hydrogens is 523 g/mol. The molecule has 0 bridgehead atoms. The van der Waals surface area contributed by atoms with Crippen LogP contribution in [0, 0.1) is 51.8 Å². The number of hydrogen-bond acceptors (Lipinski definition) is 0. The summed E-state index contributed by atoms with van der Waals surface area (Å²) in [6.45, 7) is 19.0. The Morgan fingerprint density at radius 2 is 1.26 bits per heavy atom. The van der Waals surface area contributed by atoms with Crippen molar-refractivity contribution in [3.63, 3.8) is 0 Å². The predicted octanol–water partition coefficient (Wildman–Crippen LogP) is 6.92. The van der Waals surface area contributed by atoms with Gasteiger partial charge in [0.15, 0.2) is 0 Å². The summed E-state index contributed by atoms with van der Waals surface area (Å²) in [5.74, 6) is 5.44. The molecule has 1 aliphatic heterocycles. The summed E-state index contributed by atoms with van der Waals surface area (Å²) < 4.78 is 2.65.